The lowest BCUT2D eigenvalue weighted by Gasteiger charge is -2.21. The highest BCUT2D eigenvalue weighted by Gasteiger charge is 2.35. The molecule has 1 saturated heterocycles. The van der Waals surface area contributed by atoms with Crippen molar-refractivity contribution in [3.8, 4) is 11.1 Å². The van der Waals surface area contributed by atoms with Gasteiger partial charge in [0, 0.05) is 25.0 Å². The van der Waals surface area contributed by atoms with Crippen molar-refractivity contribution >= 4 is 18.0 Å². The number of ether oxygens (including phenoxy) is 2. The van der Waals surface area contributed by atoms with Crippen molar-refractivity contribution in [2.24, 2.45) is 0 Å². The van der Waals surface area contributed by atoms with Gasteiger partial charge in [0.2, 0.25) is 5.91 Å². The third-order valence-corrected chi connectivity index (χ3v) is 6.27. The third kappa shape index (κ3) is 5.01. The van der Waals surface area contributed by atoms with Crippen molar-refractivity contribution in [2.45, 2.75) is 50.3 Å². The number of hydrogen-bond acceptors (Lipinski definition) is 5. The molecule has 174 valence electrons. The summed E-state index contributed by atoms with van der Waals surface area (Å²) in [5.74, 6) is -1.47. The number of benzene rings is 2. The van der Waals surface area contributed by atoms with Gasteiger partial charge in [0.15, 0.2) is 6.10 Å². The first-order valence-electron chi connectivity index (χ1n) is 11.2. The van der Waals surface area contributed by atoms with Crippen LogP contribution in [-0.2, 0) is 19.1 Å². The Labute approximate surface area is 192 Å². The molecular weight excluding hydrogens is 424 g/mol. The van der Waals surface area contributed by atoms with Crippen LogP contribution < -0.4 is 10.6 Å². The average molecular weight is 453 g/mol. The Bertz CT molecular complexity index is 994. The Balaban J connectivity index is 1.31. The number of rotatable bonds is 8. The number of alkyl carbamates (subject to hydrolysis) is 1. The molecule has 2 aliphatic rings. The fourth-order valence-corrected chi connectivity index (χ4v) is 4.57. The summed E-state index contributed by atoms with van der Waals surface area (Å²) < 4.78 is 10.7. The number of amides is 2. The number of carbonyl (C=O) groups is 3. The molecule has 0 aromatic heterocycles. The molecule has 1 aliphatic heterocycles. The number of carboxylic acid groups (broad SMARTS) is 1. The maximum Gasteiger partial charge on any atom is 0.407 e. The molecule has 0 spiro atoms. The van der Waals surface area contributed by atoms with E-state index in [1.54, 1.807) is 0 Å². The first kappa shape index (κ1) is 22.8. The van der Waals surface area contributed by atoms with Crippen LogP contribution in [0.15, 0.2) is 48.5 Å². The van der Waals surface area contributed by atoms with E-state index >= 15 is 0 Å². The smallest absolute Gasteiger partial charge is 0.407 e. The molecule has 2 aromatic rings. The van der Waals surface area contributed by atoms with Gasteiger partial charge in [-0.1, -0.05) is 55.5 Å². The fourth-order valence-electron chi connectivity index (χ4n) is 4.57. The normalized spacial score (nSPS) is 19.9. The van der Waals surface area contributed by atoms with E-state index in [1.165, 1.54) is 0 Å². The van der Waals surface area contributed by atoms with Crippen molar-refractivity contribution in [1.82, 2.24) is 10.6 Å². The molecule has 8 nitrogen and oxygen atoms in total. The van der Waals surface area contributed by atoms with Crippen molar-refractivity contribution in [2.75, 3.05) is 13.2 Å². The van der Waals surface area contributed by atoms with E-state index in [4.69, 9.17) is 14.6 Å². The Morgan fingerprint density at radius 2 is 1.73 bits per heavy atom. The maximum atomic E-state index is 12.5. The molecule has 4 rings (SSSR count). The highest BCUT2D eigenvalue weighted by Crippen LogP contribution is 2.44. The van der Waals surface area contributed by atoms with Crippen LogP contribution in [-0.4, -0.2) is 54.5 Å². The molecule has 3 atom stereocenters. The molecule has 0 radical (unpaired) electrons. The summed E-state index contributed by atoms with van der Waals surface area (Å²) in [6.07, 6.45) is -0.613. The van der Waals surface area contributed by atoms with Crippen LogP contribution in [0, 0.1) is 0 Å². The molecule has 0 saturated carbocycles. The summed E-state index contributed by atoms with van der Waals surface area (Å²) in [7, 11) is 0. The fraction of sp³-hybridized carbons (Fsp3) is 0.400. The van der Waals surface area contributed by atoms with Crippen molar-refractivity contribution in [3.05, 3.63) is 59.7 Å². The van der Waals surface area contributed by atoms with E-state index in [0.717, 1.165) is 22.3 Å². The third-order valence-electron chi connectivity index (χ3n) is 6.27. The van der Waals surface area contributed by atoms with E-state index in [1.807, 2.05) is 31.2 Å². The summed E-state index contributed by atoms with van der Waals surface area (Å²) in [4.78, 5) is 36.1. The molecule has 1 heterocycles. The zero-order valence-electron chi connectivity index (χ0n) is 18.5. The predicted octanol–water partition coefficient (Wildman–Crippen LogP) is 3.05. The predicted molar refractivity (Wildman–Crippen MR) is 121 cm³/mol. The van der Waals surface area contributed by atoms with E-state index in [-0.39, 0.29) is 31.5 Å². The Kier molecular flexibility index (Phi) is 6.93. The number of aliphatic carboxylic acids is 1. The Hall–Kier alpha value is -3.39. The average Bonchev–Trinajstić information content (AvgIpc) is 3.40. The number of nitrogens with one attached hydrogen (secondary N) is 2. The van der Waals surface area contributed by atoms with Crippen molar-refractivity contribution in [3.63, 3.8) is 0 Å². The quantitative estimate of drug-likeness (QED) is 0.567. The zero-order valence-corrected chi connectivity index (χ0v) is 18.5. The van der Waals surface area contributed by atoms with Gasteiger partial charge in [-0.05, 0) is 35.1 Å². The Morgan fingerprint density at radius 1 is 1.09 bits per heavy atom. The molecule has 1 fully saturated rings. The van der Waals surface area contributed by atoms with Crippen LogP contribution in [0.1, 0.15) is 43.2 Å². The van der Waals surface area contributed by atoms with Gasteiger partial charge in [-0.15, -0.1) is 0 Å². The standard InChI is InChI=1S/C25H28N2O6/c1-2-15(13-22(28)27-21-11-12-32-23(21)24(29)30)26-25(31)33-14-20-18-9-5-3-7-16(18)17-8-4-6-10-19(17)20/h3-10,15,20-21,23H,2,11-14H2,1H3,(H,26,31)(H,27,28)(H,29,30)/t15-,21+,23-/m1/s1. The van der Waals surface area contributed by atoms with Gasteiger partial charge in [-0.2, -0.15) is 0 Å². The van der Waals surface area contributed by atoms with Crippen LogP contribution in [0.25, 0.3) is 11.1 Å². The lowest BCUT2D eigenvalue weighted by Crippen LogP contribution is -2.46. The minimum atomic E-state index is -1.10. The minimum Gasteiger partial charge on any atom is -0.479 e. The lowest BCUT2D eigenvalue weighted by molar-refractivity contribution is -0.148. The first-order valence-corrected chi connectivity index (χ1v) is 11.2. The highest BCUT2D eigenvalue weighted by molar-refractivity contribution is 5.81. The zero-order chi connectivity index (χ0) is 23.4. The second kappa shape index (κ2) is 10.0. The van der Waals surface area contributed by atoms with Crippen LogP contribution in [0.5, 0.6) is 0 Å². The number of fused-ring (bicyclic) bond motifs is 3. The van der Waals surface area contributed by atoms with E-state index in [9.17, 15) is 14.4 Å². The molecule has 2 amide bonds. The molecule has 8 heteroatoms. The van der Waals surface area contributed by atoms with Crippen molar-refractivity contribution < 1.29 is 29.0 Å². The largest absolute Gasteiger partial charge is 0.479 e. The van der Waals surface area contributed by atoms with Gasteiger partial charge < -0.3 is 25.2 Å². The van der Waals surface area contributed by atoms with E-state index < -0.39 is 30.3 Å². The first-order chi connectivity index (χ1) is 16.0. The summed E-state index contributed by atoms with van der Waals surface area (Å²) in [5, 5.41) is 14.6. The van der Waals surface area contributed by atoms with E-state index in [0.29, 0.717) is 12.8 Å². The highest BCUT2D eigenvalue weighted by atomic mass is 16.5. The topological polar surface area (TPSA) is 114 Å². The Morgan fingerprint density at radius 3 is 2.33 bits per heavy atom. The number of hydrogen-bond donors (Lipinski definition) is 3. The van der Waals surface area contributed by atoms with Gasteiger partial charge in [-0.3, -0.25) is 4.79 Å². The van der Waals surface area contributed by atoms with Gasteiger partial charge in [0.05, 0.1) is 6.04 Å². The van der Waals surface area contributed by atoms with Gasteiger partial charge in [0.25, 0.3) is 0 Å². The summed E-state index contributed by atoms with van der Waals surface area (Å²) in [6, 6.07) is 15.2. The van der Waals surface area contributed by atoms with E-state index in [2.05, 4.69) is 34.9 Å². The lowest BCUT2D eigenvalue weighted by atomic mass is 9.98. The molecule has 0 bridgehead atoms. The molecule has 33 heavy (non-hydrogen) atoms. The summed E-state index contributed by atoms with van der Waals surface area (Å²) in [6.45, 7) is 2.35. The van der Waals surface area contributed by atoms with Gasteiger partial charge in [-0.25, -0.2) is 9.59 Å². The van der Waals surface area contributed by atoms with Crippen LogP contribution in [0.3, 0.4) is 0 Å². The summed E-state index contributed by atoms with van der Waals surface area (Å²) >= 11 is 0. The number of carboxylic acids is 1. The minimum absolute atomic E-state index is 0.0313. The number of carbonyl (C=O) groups excluding carboxylic acids is 2. The maximum absolute atomic E-state index is 12.5. The van der Waals surface area contributed by atoms with Crippen LogP contribution in [0.4, 0.5) is 4.79 Å². The molecule has 1 aliphatic carbocycles. The van der Waals surface area contributed by atoms with Crippen molar-refractivity contribution in [1.29, 1.82) is 0 Å². The molecule has 0 unspecified atom stereocenters. The SMILES string of the molecule is CC[C@H](CC(=O)N[C@H]1CCO[C@H]1C(=O)O)NC(=O)OCC1c2ccccc2-c2ccccc21. The second-order valence-corrected chi connectivity index (χ2v) is 8.37. The van der Waals surface area contributed by atoms with Crippen LogP contribution >= 0.6 is 0 Å². The van der Waals surface area contributed by atoms with Gasteiger partial charge in [0.1, 0.15) is 6.61 Å². The summed E-state index contributed by atoms with van der Waals surface area (Å²) in [5.41, 5.74) is 4.57. The molecule has 2 aromatic carbocycles. The van der Waals surface area contributed by atoms with Gasteiger partial charge >= 0.3 is 12.1 Å². The molecule has 3 N–H and O–H groups in total. The molecular formula is C25H28N2O6. The second-order valence-electron chi connectivity index (χ2n) is 8.37. The van der Waals surface area contributed by atoms with Crippen LogP contribution in [0.2, 0.25) is 0 Å². The monoisotopic (exact) mass is 452 g/mol.